The average molecular weight is 558 g/mol. The van der Waals surface area contributed by atoms with Crippen LogP contribution in [0.15, 0.2) is 11.6 Å². The number of nitrogens with two attached hydrogens (primary N) is 1. The van der Waals surface area contributed by atoms with Gasteiger partial charge in [0.2, 0.25) is 0 Å². The summed E-state index contributed by atoms with van der Waals surface area (Å²) in [6, 6.07) is 0. The Hall–Kier alpha value is 1.90. The molecule has 26 heavy (non-hydrogen) atoms. The second-order valence-corrected chi connectivity index (χ2v) is 9.30. The van der Waals surface area contributed by atoms with Gasteiger partial charge in [-0.3, -0.25) is 0 Å². The second-order valence-electron chi connectivity index (χ2n) is 9.30. The zero-order chi connectivity index (χ0) is 17.5. The fourth-order valence-electron chi connectivity index (χ4n) is 6.90. The summed E-state index contributed by atoms with van der Waals surface area (Å²) in [4.78, 5) is 3.00. The number of hydrogen-bond donors (Lipinski definition) is 2. The molecule has 0 heterocycles. The van der Waals surface area contributed by atoms with Gasteiger partial charge in [0.15, 0.2) is 0 Å². The van der Waals surface area contributed by atoms with Crippen LogP contribution in [0.1, 0.15) is 72.1 Å². The standard InChI is InChI=1S/C20H32O.K.H3N2O.W/c1-13-4-7-17-16-6-5-14-12-15(21)8-10-20(14,3)18(16)9-11-19(13,17)2;;1-3-2;/h5,13,15-18,21H,4,6-12H2,1-3H3;;1H,2H2;/q;+1;-1;/t13-,15-,16?,17?,18?,19+,20-;;;/m0.../s1. The maximum absolute atomic E-state index is 10.0. The maximum atomic E-state index is 10.0. The summed E-state index contributed by atoms with van der Waals surface area (Å²) in [5.41, 5.74) is 2.64. The van der Waals surface area contributed by atoms with E-state index in [1.165, 1.54) is 38.5 Å². The van der Waals surface area contributed by atoms with Crippen LogP contribution < -0.4 is 57.3 Å². The number of fused-ring (bicyclic) bond motifs is 5. The summed E-state index contributed by atoms with van der Waals surface area (Å²) >= 11 is 0. The Labute approximate surface area is 216 Å². The smallest absolute Gasteiger partial charge is 0.529 e. The summed E-state index contributed by atoms with van der Waals surface area (Å²) < 4.78 is 0. The molecule has 3 fully saturated rings. The van der Waals surface area contributed by atoms with Crippen molar-refractivity contribution >= 4 is 0 Å². The fourth-order valence-corrected chi connectivity index (χ4v) is 6.90. The Morgan fingerprint density at radius 3 is 2.46 bits per heavy atom. The Bertz CT molecular complexity index is 506. The number of allylic oxidation sites excluding steroid dienone is 1. The van der Waals surface area contributed by atoms with Crippen molar-refractivity contribution in [3.63, 3.8) is 0 Å². The summed E-state index contributed by atoms with van der Waals surface area (Å²) in [5, 5.41) is 10.0. The van der Waals surface area contributed by atoms with Crippen LogP contribution in [-0.2, 0) is 26.0 Å². The van der Waals surface area contributed by atoms with Gasteiger partial charge in [0.1, 0.15) is 0 Å². The number of aliphatic hydroxyl groups excluding tert-OH is 1. The zero-order valence-electron chi connectivity index (χ0n) is 17.0. The average Bonchev–Trinajstić information content (AvgIpc) is 2.84. The molecule has 0 spiro atoms. The summed E-state index contributed by atoms with van der Waals surface area (Å²) in [7, 11) is 0. The van der Waals surface area contributed by atoms with E-state index in [-0.39, 0.29) is 78.6 Å². The van der Waals surface area contributed by atoms with Crippen molar-refractivity contribution in [3.8, 4) is 0 Å². The molecule has 4 aliphatic rings. The van der Waals surface area contributed by atoms with E-state index in [4.69, 9.17) is 5.90 Å². The van der Waals surface area contributed by atoms with Gasteiger partial charge in [0.25, 0.3) is 0 Å². The molecule has 7 atom stereocenters. The van der Waals surface area contributed by atoms with Crippen molar-refractivity contribution in [1.82, 2.24) is 0 Å². The normalized spacial score (nSPS) is 46.1. The molecule has 0 aliphatic heterocycles. The third-order valence-electron chi connectivity index (χ3n) is 8.55. The SMILES string of the molecule is C[C@H]1CCC2C3CC=C4C[C@@H](O)CC[C@]4(C)C3CC[C@@]21C.[K+].[NH-]ON.[W]. The Kier molecular flexibility index (Phi) is 10.3. The molecule has 6 heteroatoms. The molecule has 0 radical (unpaired) electrons. The molecule has 4 aliphatic carbocycles. The van der Waals surface area contributed by atoms with Gasteiger partial charge in [-0.2, -0.15) is 0 Å². The van der Waals surface area contributed by atoms with E-state index in [2.05, 4.69) is 37.7 Å². The monoisotopic (exact) mass is 558 g/mol. The molecule has 0 saturated heterocycles. The van der Waals surface area contributed by atoms with E-state index >= 15 is 0 Å². The van der Waals surface area contributed by atoms with E-state index in [9.17, 15) is 5.11 Å². The summed E-state index contributed by atoms with van der Waals surface area (Å²) in [6.07, 6.45) is 12.8. The summed E-state index contributed by atoms with van der Waals surface area (Å²) in [5.74, 6) is 13.2. The first-order valence-electron chi connectivity index (χ1n) is 9.77. The van der Waals surface area contributed by atoms with Crippen LogP contribution >= 0.6 is 0 Å². The van der Waals surface area contributed by atoms with Crippen LogP contribution in [0.2, 0.25) is 0 Å². The Morgan fingerprint density at radius 2 is 1.81 bits per heavy atom. The minimum Gasteiger partial charge on any atom is -0.529 e. The van der Waals surface area contributed by atoms with Crippen LogP contribution in [-0.4, -0.2) is 11.2 Å². The molecule has 0 aromatic carbocycles. The molecular formula is C20H35KN2O2W. The molecule has 4 nitrogen and oxygen atoms in total. The first kappa shape index (κ1) is 25.9. The molecule has 4 N–H and O–H groups in total. The van der Waals surface area contributed by atoms with Crippen LogP contribution in [0.3, 0.4) is 0 Å². The van der Waals surface area contributed by atoms with Gasteiger partial charge in [-0.15, -0.1) is 0 Å². The Balaban J connectivity index is 0.000000635. The van der Waals surface area contributed by atoms with Crippen molar-refractivity contribution in [2.45, 2.75) is 78.2 Å². The minimum atomic E-state index is -0.0683. The zero-order valence-corrected chi connectivity index (χ0v) is 23.0. The van der Waals surface area contributed by atoms with Gasteiger partial charge in [0.05, 0.1) is 6.10 Å². The molecule has 0 aromatic rings. The van der Waals surface area contributed by atoms with Crippen molar-refractivity contribution in [3.05, 3.63) is 17.5 Å². The predicted molar refractivity (Wildman–Crippen MR) is 96.5 cm³/mol. The van der Waals surface area contributed by atoms with Crippen molar-refractivity contribution in [1.29, 1.82) is 0 Å². The number of aliphatic hydroxyl groups is 1. The van der Waals surface area contributed by atoms with E-state index in [1.54, 1.807) is 5.57 Å². The van der Waals surface area contributed by atoms with Gasteiger partial charge in [-0.25, -0.2) is 5.90 Å². The third kappa shape index (κ3) is 4.48. The first-order chi connectivity index (χ1) is 11.4. The topological polar surface area (TPSA) is 79.3 Å². The molecular weight excluding hydrogens is 523 g/mol. The molecule has 0 bridgehead atoms. The second kappa shape index (κ2) is 10.3. The Morgan fingerprint density at radius 1 is 1.15 bits per heavy atom. The number of rotatable bonds is 0. The van der Waals surface area contributed by atoms with E-state index in [0.717, 1.165) is 36.5 Å². The van der Waals surface area contributed by atoms with Crippen molar-refractivity contribution < 1.29 is 82.5 Å². The third-order valence-corrected chi connectivity index (χ3v) is 8.55. The minimum absolute atomic E-state index is 0. The van der Waals surface area contributed by atoms with E-state index < -0.39 is 0 Å². The summed E-state index contributed by atoms with van der Waals surface area (Å²) in [6.45, 7) is 7.63. The van der Waals surface area contributed by atoms with Crippen LogP contribution in [0.4, 0.5) is 0 Å². The van der Waals surface area contributed by atoms with Gasteiger partial charge < -0.3 is 15.9 Å². The molecule has 0 amide bonds. The number of hydrogen-bond acceptors (Lipinski definition) is 3. The van der Waals surface area contributed by atoms with Gasteiger partial charge in [-0.1, -0.05) is 32.4 Å². The fraction of sp³-hybridized carbons (Fsp3) is 0.900. The van der Waals surface area contributed by atoms with Crippen LogP contribution in [0.25, 0.3) is 5.90 Å². The largest absolute Gasteiger partial charge is 1.00 e. The van der Waals surface area contributed by atoms with Crippen molar-refractivity contribution in [2.24, 2.45) is 40.4 Å². The van der Waals surface area contributed by atoms with Crippen LogP contribution in [0, 0.1) is 34.5 Å². The van der Waals surface area contributed by atoms with Crippen molar-refractivity contribution in [2.75, 3.05) is 0 Å². The molecule has 0 aromatic heterocycles. The van der Waals surface area contributed by atoms with Gasteiger partial charge in [0, 0.05) is 21.1 Å². The van der Waals surface area contributed by atoms with Gasteiger partial charge in [-0.05, 0) is 85.9 Å². The predicted octanol–water partition coefficient (Wildman–Crippen LogP) is 1.79. The first-order valence-corrected chi connectivity index (χ1v) is 9.77. The van der Waals surface area contributed by atoms with Gasteiger partial charge >= 0.3 is 51.4 Å². The quantitative estimate of drug-likeness (QED) is 0.271. The molecule has 3 saturated carbocycles. The molecule has 3 unspecified atom stereocenters. The number of nitrogens with one attached hydrogen (secondary N) is 1. The molecule has 144 valence electrons. The molecule has 4 rings (SSSR count). The van der Waals surface area contributed by atoms with E-state index in [0.29, 0.717) is 10.8 Å². The maximum Gasteiger partial charge on any atom is 1.00 e. The van der Waals surface area contributed by atoms with Crippen LogP contribution in [0.5, 0.6) is 0 Å². The van der Waals surface area contributed by atoms with E-state index in [1.807, 2.05) is 0 Å².